The monoisotopic (exact) mass is 351 g/mol. The highest BCUT2D eigenvalue weighted by atomic mass is 16.5. The molecule has 1 amide bonds. The summed E-state index contributed by atoms with van der Waals surface area (Å²) in [7, 11) is 0. The lowest BCUT2D eigenvalue weighted by molar-refractivity contribution is 0.0130. The second-order valence-corrected chi connectivity index (χ2v) is 7.19. The molecule has 2 saturated heterocycles. The fourth-order valence-electron chi connectivity index (χ4n) is 3.91. The van der Waals surface area contributed by atoms with E-state index in [9.17, 15) is 9.90 Å². The van der Waals surface area contributed by atoms with E-state index < -0.39 is 0 Å². The summed E-state index contributed by atoms with van der Waals surface area (Å²) in [6, 6.07) is 0. The molecule has 1 N–H and O–H groups in total. The van der Waals surface area contributed by atoms with Gasteiger partial charge in [-0.3, -0.25) is 9.69 Å². The average molecular weight is 351 g/mol. The number of rotatable bonds is 6. The molecule has 3 heterocycles. The minimum Gasteiger partial charge on any atom is -0.396 e. The molecule has 2 fully saturated rings. The Morgan fingerprint density at radius 1 is 1.32 bits per heavy atom. The van der Waals surface area contributed by atoms with Gasteiger partial charge in [0.1, 0.15) is 11.3 Å². The summed E-state index contributed by atoms with van der Waals surface area (Å²) >= 11 is 0. The molecular weight excluding hydrogens is 322 g/mol. The molecule has 0 saturated carbocycles. The second-order valence-electron chi connectivity index (χ2n) is 7.19. The Labute approximate surface area is 148 Å². The number of piperidine rings is 1. The maximum absolute atomic E-state index is 13.0. The molecule has 7 nitrogen and oxygen atoms in total. The fourth-order valence-corrected chi connectivity index (χ4v) is 3.91. The largest absolute Gasteiger partial charge is 0.396 e. The van der Waals surface area contributed by atoms with Crippen molar-refractivity contribution in [3.05, 3.63) is 17.5 Å². The van der Waals surface area contributed by atoms with Gasteiger partial charge < -0.3 is 19.3 Å². The average Bonchev–Trinajstić information content (AvgIpc) is 3.10. The van der Waals surface area contributed by atoms with Crippen LogP contribution in [0, 0.1) is 11.8 Å². The lowest BCUT2D eigenvalue weighted by Crippen LogP contribution is -2.49. The highest BCUT2D eigenvalue weighted by Gasteiger charge is 2.33. The van der Waals surface area contributed by atoms with E-state index in [4.69, 9.17) is 9.26 Å². The van der Waals surface area contributed by atoms with E-state index in [-0.39, 0.29) is 18.4 Å². The molecule has 2 aliphatic rings. The molecule has 0 unspecified atom stereocenters. The van der Waals surface area contributed by atoms with E-state index in [0.717, 1.165) is 58.7 Å². The standard InChI is InChI=1S/C18H29N3O4/c1-2-3-17-16(9-19-25-17)18(23)21-11-14(8-15(12-21)13-22)10-20-4-6-24-7-5-20/h9,14-15,22H,2-8,10-13H2,1H3/t14-,15-/m1/s1. The number of aliphatic hydroxyl groups is 1. The summed E-state index contributed by atoms with van der Waals surface area (Å²) < 4.78 is 10.7. The highest BCUT2D eigenvalue weighted by molar-refractivity contribution is 5.95. The van der Waals surface area contributed by atoms with Crippen molar-refractivity contribution in [3.63, 3.8) is 0 Å². The van der Waals surface area contributed by atoms with Gasteiger partial charge in [-0.2, -0.15) is 0 Å². The normalized spacial score (nSPS) is 25.3. The van der Waals surface area contributed by atoms with Gasteiger partial charge in [-0.1, -0.05) is 12.1 Å². The molecule has 2 aliphatic heterocycles. The van der Waals surface area contributed by atoms with E-state index in [0.29, 0.717) is 23.8 Å². The number of aromatic nitrogens is 1. The smallest absolute Gasteiger partial charge is 0.259 e. The summed E-state index contributed by atoms with van der Waals surface area (Å²) in [5.74, 6) is 1.17. The number of carbonyl (C=O) groups is 1. The second kappa shape index (κ2) is 8.78. The highest BCUT2D eigenvalue weighted by Crippen LogP contribution is 2.25. The minimum absolute atomic E-state index is 0.0187. The quantitative estimate of drug-likeness (QED) is 0.825. The lowest BCUT2D eigenvalue weighted by Gasteiger charge is -2.39. The number of hydrogen-bond acceptors (Lipinski definition) is 6. The molecular formula is C18H29N3O4. The Morgan fingerprint density at radius 3 is 2.80 bits per heavy atom. The van der Waals surface area contributed by atoms with Crippen LogP contribution in [0.25, 0.3) is 0 Å². The van der Waals surface area contributed by atoms with E-state index in [2.05, 4.69) is 17.0 Å². The zero-order chi connectivity index (χ0) is 17.6. The molecule has 1 aromatic rings. The number of aliphatic hydroxyl groups excluding tert-OH is 1. The first-order valence-electron chi connectivity index (χ1n) is 9.35. The van der Waals surface area contributed by atoms with Gasteiger partial charge in [0.2, 0.25) is 0 Å². The van der Waals surface area contributed by atoms with E-state index in [1.807, 2.05) is 4.90 Å². The van der Waals surface area contributed by atoms with Crippen LogP contribution in [0.15, 0.2) is 10.7 Å². The molecule has 0 aliphatic carbocycles. The molecule has 0 aromatic carbocycles. The predicted octanol–water partition coefficient (Wildman–Crippen LogP) is 1.03. The fraction of sp³-hybridized carbons (Fsp3) is 0.778. The first-order chi connectivity index (χ1) is 12.2. The van der Waals surface area contributed by atoms with E-state index >= 15 is 0 Å². The molecule has 1 aromatic heterocycles. The van der Waals surface area contributed by atoms with Gasteiger partial charge in [0.15, 0.2) is 0 Å². The Bertz CT molecular complexity index is 556. The molecule has 7 heteroatoms. The van der Waals surface area contributed by atoms with Crippen LogP contribution in [0.5, 0.6) is 0 Å². The van der Waals surface area contributed by atoms with Crippen LogP contribution < -0.4 is 0 Å². The predicted molar refractivity (Wildman–Crippen MR) is 92.3 cm³/mol. The first kappa shape index (κ1) is 18.4. The summed E-state index contributed by atoms with van der Waals surface area (Å²) in [5.41, 5.74) is 0.575. The van der Waals surface area contributed by atoms with Crippen LogP contribution in [-0.2, 0) is 11.2 Å². The van der Waals surface area contributed by atoms with Gasteiger partial charge in [-0.15, -0.1) is 0 Å². The number of ether oxygens (including phenoxy) is 1. The zero-order valence-electron chi connectivity index (χ0n) is 15.0. The van der Waals surface area contributed by atoms with Gasteiger partial charge >= 0.3 is 0 Å². The zero-order valence-corrected chi connectivity index (χ0v) is 15.0. The maximum Gasteiger partial charge on any atom is 0.259 e. The Kier molecular flexibility index (Phi) is 6.45. The van der Waals surface area contributed by atoms with Crippen LogP contribution in [0.2, 0.25) is 0 Å². The van der Waals surface area contributed by atoms with E-state index in [1.165, 1.54) is 6.20 Å². The third-order valence-electron chi connectivity index (χ3n) is 5.14. The van der Waals surface area contributed by atoms with Crippen LogP contribution in [0.3, 0.4) is 0 Å². The molecule has 0 radical (unpaired) electrons. The summed E-state index contributed by atoms with van der Waals surface area (Å²) in [4.78, 5) is 17.2. The van der Waals surface area contributed by atoms with Crippen LogP contribution in [-0.4, -0.2) is 78.5 Å². The lowest BCUT2D eigenvalue weighted by atomic mass is 9.88. The Morgan fingerprint density at radius 2 is 2.08 bits per heavy atom. The van der Waals surface area contributed by atoms with Gasteiger partial charge in [-0.05, 0) is 24.7 Å². The topological polar surface area (TPSA) is 79.0 Å². The summed E-state index contributed by atoms with van der Waals surface area (Å²) in [6.07, 6.45) is 4.12. The van der Waals surface area contributed by atoms with Crippen LogP contribution in [0.1, 0.15) is 35.9 Å². The molecule has 2 atom stereocenters. The van der Waals surface area contributed by atoms with E-state index in [1.54, 1.807) is 0 Å². The molecule has 3 rings (SSSR count). The third-order valence-corrected chi connectivity index (χ3v) is 5.14. The molecule has 0 bridgehead atoms. The molecule has 0 spiro atoms. The summed E-state index contributed by atoms with van der Waals surface area (Å²) in [6.45, 7) is 7.90. The SMILES string of the molecule is CCCc1oncc1C(=O)N1C[C@H](CO)C[C@H](CN2CCOCC2)C1. The number of aryl methyl sites for hydroxylation is 1. The van der Waals surface area contributed by atoms with Gasteiger partial charge in [0, 0.05) is 45.8 Å². The van der Waals surface area contributed by atoms with Gasteiger partial charge in [-0.25, -0.2) is 0 Å². The maximum atomic E-state index is 13.0. The van der Waals surface area contributed by atoms with Gasteiger partial charge in [0.25, 0.3) is 5.91 Å². The number of hydrogen-bond donors (Lipinski definition) is 1. The van der Waals surface area contributed by atoms with Crippen LogP contribution in [0.4, 0.5) is 0 Å². The first-order valence-corrected chi connectivity index (χ1v) is 9.35. The Hall–Kier alpha value is -1.44. The van der Waals surface area contributed by atoms with Crippen molar-refractivity contribution in [2.75, 3.05) is 52.5 Å². The third kappa shape index (κ3) is 4.59. The number of likely N-dealkylation sites (tertiary alicyclic amines) is 1. The van der Waals surface area contributed by atoms with Crippen molar-refractivity contribution >= 4 is 5.91 Å². The number of carbonyl (C=O) groups excluding carboxylic acids is 1. The van der Waals surface area contributed by atoms with Crippen molar-refractivity contribution in [2.45, 2.75) is 26.2 Å². The number of nitrogens with zero attached hydrogens (tertiary/aromatic N) is 3. The van der Waals surface area contributed by atoms with Crippen molar-refractivity contribution < 1.29 is 19.2 Å². The molecule has 25 heavy (non-hydrogen) atoms. The van der Waals surface area contributed by atoms with Crippen molar-refractivity contribution in [2.24, 2.45) is 11.8 Å². The van der Waals surface area contributed by atoms with Gasteiger partial charge in [0.05, 0.1) is 19.4 Å². The number of amides is 1. The van der Waals surface area contributed by atoms with Crippen molar-refractivity contribution in [1.29, 1.82) is 0 Å². The summed E-state index contributed by atoms with van der Waals surface area (Å²) in [5, 5.41) is 13.5. The Balaban J connectivity index is 1.66. The van der Waals surface area contributed by atoms with Crippen LogP contribution >= 0.6 is 0 Å². The van der Waals surface area contributed by atoms with Crippen molar-refractivity contribution in [3.8, 4) is 0 Å². The number of morpholine rings is 1. The minimum atomic E-state index is -0.0187. The molecule has 140 valence electrons. The van der Waals surface area contributed by atoms with Crippen molar-refractivity contribution in [1.82, 2.24) is 15.0 Å².